The van der Waals surface area contributed by atoms with Crippen LogP contribution >= 0.6 is 12.2 Å². The van der Waals surface area contributed by atoms with E-state index in [0.717, 1.165) is 0 Å². The Morgan fingerprint density at radius 1 is 1.19 bits per heavy atom. The van der Waals surface area contributed by atoms with Crippen LogP contribution in [0.4, 0.5) is 4.39 Å². The van der Waals surface area contributed by atoms with Crippen LogP contribution < -0.4 is 20.2 Å². The number of hydrogen-bond donors (Lipinski definition) is 2. The number of esters is 1. The summed E-state index contributed by atoms with van der Waals surface area (Å²) in [5.74, 6) is -0.433. The summed E-state index contributed by atoms with van der Waals surface area (Å²) < 4.78 is 23.5. The van der Waals surface area contributed by atoms with E-state index in [1.165, 1.54) is 31.4 Å². The number of nitrogens with zero attached hydrogens (tertiary/aromatic N) is 1. The second kappa shape index (κ2) is 9.63. The third kappa shape index (κ3) is 6.34. The summed E-state index contributed by atoms with van der Waals surface area (Å²) in [5, 5.41) is 7.46. The Morgan fingerprint density at radius 3 is 2.52 bits per heavy atom. The number of thiocarbonyl (C=S) groups is 1. The summed E-state index contributed by atoms with van der Waals surface area (Å²) >= 11 is 5.08. The smallest absolute Gasteiger partial charge is 0.343 e. The second-order valence-corrected chi connectivity index (χ2v) is 6.21. The summed E-state index contributed by atoms with van der Waals surface area (Å²) in [6.07, 6.45) is 1.56. The second-order valence-electron chi connectivity index (χ2n) is 5.80. The maximum Gasteiger partial charge on any atom is 0.343 e. The molecule has 0 fully saturated rings. The molecule has 0 radical (unpaired) electrons. The molecule has 2 rings (SSSR count). The number of ether oxygens (including phenoxy) is 2. The van der Waals surface area contributed by atoms with Crippen molar-refractivity contribution in [3.8, 4) is 11.5 Å². The summed E-state index contributed by atoms with van der Waals surface area (Å²) in [7, 11) is 1.46. The lowest BCUT2D eigenvalue weighted by molar-refractivity contribution is 0.0729. The lowest BCUT2D eigenvalue weighted by Gasteiger charge is -2.10. The van der Waals surface area contributed by atoms with Gasteiger partial charge in [-0.15, -0.1) is 0 Å². The summed E-state index contributed by atoms with van der Waals surface area (Å²) in [6.45, 7) is 3.93. The van der Waals surface area contributed by atoms with Crippen molar-refractivity contribution in [1.29, 1.82) is 0 Å². The molecule has 2 aromatic rings. The highest BCUT2D eigenvalue weighted by Gasteiger charge is 2.13. The van der Waals surface area contributed by atoms with E-state index in [1.54, 1.807) is 24.4 Å². The maximum atomic E-state index is 13.0. The molecule has 2 aromatic carbocycles. The van der Waals surface area contributed by atoms with Gasteiger partial charge in [0.2, 0.25) is 0 Å². The van der Waals surface area contributed by atoms with E-state index >= 15 is 0 Å². The minimum absolute atomic E-state index is 0.204. The van der Waals surface area contributed by atoms with Crippen molar-refractivity contribution in [2.24, 2.45) is 5.10 Å². The van der Waals surface area contributed by atoms with Gasteiger partial charge in [0, 0.05) is 6.04 Å². The van der Waals surface area contributed by atoms with Gasteiger partial charge < -0.3 is 14.8 Å². The van der Waals surface area contributed by atoms with Gasteiger partial charge >= 0.3 is 5.97 Å². The number of carbonyl (C=O) groups is 1. The van der Waals surface area contributed by atoms with E-state index in [-0.39, 0.29) is 17.4 Å². The minimum atomic E-state index is -0.610. The van der Waals surface area contributed by atoms with E-state index in [2.05, 4.69) is 15.8 Å². The van der Waals surface area contributed by atoms with E-state index < -0.39 is 11.8 Å². The Bertz CT molecular complexity index is 839. The van der Waals surface area contributed by atoms with Crippen LogP contribution in [0, 0.1) is 5.82 Å². The van der Waals surface area contributed by atoms with Gasteiger partial charge in [0.1, 0.15) is 5.82 Å². The zero-order valence-electron chi connectivity index (χ0n) is 15.2. The quantitative estimate of drug-likeness (QED) is 0.260. The molecule has 0 aliphatic carbocycles. The molecule has 0 bridgehead atoms. The molecule has 142 valence electrons. The van der Waals surface area contributed by atoms with Crippen molar-refractivity contribution in [3.05, 3.63) is 59.4 Å². The Balaban J connectivity index is 2.06. The molecule has 6 nitrogen and oxygen atoms in total. The van der Waals surface area contributed by atoms with E-state index in [9.17, 15) is 9.18 Å². The van der Waals surface area contributed by atoms with Gasteiger partial charge in [-0.3, -0.25) is 5.43 Å². The Kier molecular flexibility index (Phi) is 7.25. The standard InChI is InChI=1S/C19H20FN3O3S/c1-12(2)22-19(27)23-21-11-13-4-9-16(17(10-13)25-3)26-18(24)14-5-7-15(20)8-6-14/h4-12H,1-3H3,(H2,22,23,27)/b21-11-. The fourth-order valence-electron chi connectivity index (χ4n) is 2.05. The molecule has 0 saturated carbocycles. The first-order valence-corrected chi connectivity index (χ1v) is 8.55. The van der Waals surface area contributed by atoms with Gasteiger partial charge in [0.25, 0.3) is 0 Å². The summed E-state index contributed by atoms with van der Waals surface area (Å²) in [5.41, 5.74) is 3.66. The zero-order chi connectivity index (χ0) is 19.8. The first kappa shape index (κ1) is 20.3. The van der Waals surface area contributed by atoms with Crippen molar-refractivity contribution >= 4 is 29.5 Å². The van der Waals surface area contributed by atoms with Crippen LogP contribution in [0.1, 0.15) is 29.8 Å². The predicted octanol–water partition coefficient (Wildman–Crippen LogP) is 3.26. The van der Waals surface area contributed by atoms with Gasteiger partial charge in [0.05, 0.1) is 18.9 Å². The van der Waals surface area contributed by atoms with Crippen LogP contribution in [0.3, 0.4) is 0 Å². The predicted molar refractivity (Wildman–Crippen MR) is 106 cm³/mol. The molecule has 0 heterocycles. The number of nitrogens with one attached hydrogen (secondary N) is 2. The van der Waals surface area contributed by atoms with Crippen LogP contribution in [-0.4, -0.2) is 30.4 Å². The largest absolute Gasteiger partial charge is 0.493 e. The average Bonchev–Trinajstić information content (AvgIpc) is 2.62. The monoisotopic (exact) mass is 389 g/mol. The van der Waals surface area contributed by atoms with Gasteiger partial charge in [0.15, 0.2) is 16.6 Å². The highest BCUT2D eigenvalue weighted by Crippen LogP contribution is 2.28. The SMILES string of the molecule is COc1cc(/C=N\NC(=S)NC(C)C)ccc1OC(=O)c1ccc(F)cc1. The van der Waals surface area contributed by atoms with Crippen LogP contribution in [0.2, 0.25) is 0 Å². The minimum Gasteiger partial charge on any atom is -0.493 e. The molecule has 27 heavy (non-hydrogen) atoms. The van der Waals surface area contributed by atoms with E-state index in [0.29, 0.717) is 16.4 Å². The molecule has 0 atom stereocenters. The number of rotatable bonds is 6. The summed E-state index contributed by atoms with van der Waals surface area (Å²) in [4.78, 5) is 12.2. The molecule has 0 amide bonds. The van der Waals surface area contributed by atoms with Crippen molar-refractivity contribution in [3.63, 3.8) is 0 Å². The third-order valence-corrected chi connectivity index (χ3v) is 3.48. The van der Waals surface area contributed by atoms with Crippen molar-refractivity contribution < 1.29 is 18.7 Å². The fourth-order valence-corrected chi connectivity index (χ4v) is 2.34. The molecule has 0 aliphatic heterocycles. The molecule has 0 unspecified atom stereocenters. The normalized spacial score (nSPS) is 10.7. The number of halogens is 1. The Hall–Kier alpha value is -3.00. The van der Waals surface area contributed by atoms with Gasteiger partial charge in [-0.05, 0) is 74.1 Å². The Labute approximate surface area is 162 Å². The van der Waals surface area contributed by atoms with E-state index in [4.69, 9.17) is 21.7 Å². The molecule has 0 aromatic heterocycles. The molecule has 0 aliphatic rings. The van der Waals surface area contributed by atoms with Crippen LogP contribution in [0.15, 0.2) is 47.6 Å². The lowest BCUT2D eigenvalue weighted by Crippen LogP contribution is -2.36. The highest BCUT2D eigenvalue weighted by atomic mass is 32.1. The zero-order valence-corrected chi connectivity index (χ0v) is 16.0. The van der Waals surface area contributed by atoms with Crippen LogP contribution in [-0.2, 0) is 0 Å². The molecular weight excluding hydrogens is 369 g/mol. The maximum absolute atomic E-state index is 13.0. The number of methoxy groups -OCH3 is 1. The lowest BCUT2D eigenvalue weighted by atomic mass is 10.2. The topological polar surface area (TPSA) is 71.9 Å². The molecular formula is C19H20FN3O3S. The Morgan fingerprint density at radius 2 is 1.89 bits per heavy atom. The van der Waals surface area contributed by atoms with Gasteiger partial charge in [-0.25, -0.2) is 9.18 Å². The van der Waals surface area contributed by atoms with Gasteiger partial charge in [-0.2, -0.15) is 5.10 Å². The number of carbonyl (C=O) groups excluding carboxylic acids is 1. The van der Waals surface area contributed by atoms with Crippen LogP contribution in [0.5, 0.6) is 11.5 Å². The van der Waals surface area contributed by atoms with Crippen molar-refractivity contribution in [2.75, 3.05) is 7.11 Å². The molecule has 8 heteroatoms. The fraction of sp³-hybridized carbons (Fsp3) is 0.211. The number of hydrogen-bond acceptors (Lipinski definition) is 5. The molecule has 0 saturated heterocycles. The molecule has 0 spiro atoms. The highest BCUT2D eigenvalue weighted by molar-refractivity contribution is 7.80. The summed E-state index contributed by atoms with van der Waals surface area (Å²) in [6, 6.07) is 10.3. The molecule has 2 N–H and O–H groups in total. The number of benzene rings is 2. The van der Waals surface area contributed by atoms with Crippen molar-refractivity contribution in [1.82, 2.24) is 10.7 Å². The average molecular weight is 389 g/mol. The number of hydrazone groups is 1. The van der Waals surface area contributed by atoms with Crippen molar-refractivity contribution in [2.45, 2.75) is 19.9 Å². The van der Waals surface area contributed by atoms with Gasteiger partial charge in [-0.1, -0.05) is 0 Å². The first-order valence-electron chi connectivity index (χ1n) is 8.14. The van der Waals surface area contributed by atoms with E-state index in [1.807, 2.05) is 13.8 Å². The first-order chi connectivity index (χ1) is 12.9. The third-order valence-electron chi connectivity index (χ3n) is 3.27. The van der Waals surface area contributed by atoms with Crippen LogP contribution in [0.25, 0.3) is 0 Å².